The molecule has 0 aliphatic rings. The van der Waals surface area contributed by atoms with Crippen LogP contribution in [0.4, 0.5) is 11.4 Å². The second kappa shape index (κ2) is 61.0. The van der Waals surface area contributed by atoms with Gasteiger partial charge in [-0.3, -0.25) is 4.79 Å². The van der Waals surface area contributed by atoms with E-state index in [2.05, 4.69) is 148 Å². The summed E-state index contributed by atoms with van der Waals surface area (Å²) in [5.74, 6) is -0.360. The van der Waals surface area contributed by atoms with Gasteiger partial charge in [0.05, 0.1) is 26.2 Å². The average Bonchev–Trinajstić information content (AvgIpc) is 1.06. The summed E-state index contributed by atoms with van der Waals surface area (Å²) in [5, 5.41) is 36.2. The fraction of sp³-hybridized carbons (Fsp3) is 0.544. The number of anilines is 2. The Labute approximate surface area is 642 Å². The SMILES string of the molecule is CC(C)(C)[Si](C)(C)OCC[C@@H](CO[Si](C)(C)C(C)(C)C)c1ccccc1.CN(C)c1ccc([C@H](CO)CCO)cc1.COC(=O)[C@H](CC=O)c1ccc(N(C)C)cc1.OCC[C@@H](CO)c1ccccc1.S=S=S=S=S=S=S=S=S.S=S=S=S=S=S=S=S=S=S=S.[AlH3].[H-].[Li+]. The Morgan fingerprint density at radius 2 is 0.826 bits per heavy atom. The van der Waals surface area contributed by atoms with Gasteiger partial charge in [0.25, 0.3) is 0 Å². The third-order valence-electron chi connectivity index (χ3n) is 14.0. The van der Waals surface area contributed by atoms with Gasteiger partial charge in [0.15, 0.2) is 34.0 Å². The van der Waals surface area contributed by atoms with E-state index < -0.39 is 22.6 Å². The molecular formula is C57H96AlLiN2O9S20Si2. The summed E-state index contributed by atoms with van der Waals surface area (Å²) >= 11 is 18.6. The zero-order valence-corrected chi connectivity index (χ0v) is 73.1. The minimum atomic E-state index is -1.74. The van der Waals surface area contributed by atoms with Crippen molar-refractivity contribution in [3.05, 3.63) is 131 Å². The number of esters is 1. The van der Waals surface area contributed by atoms with Crippen molar-refractivity contribution >= 4 is 244 Å². The van der Waals surface area contributed by atoms with E-state index in [0.29, 0.717) is 18.8 Å². The summed E-state index contributed by atoms with van der Waals surface area (Å²) in [6.45, 7) is 25.2. The number of nitrogens with zero attached hydrogens (tertiary/aromatic N) is 2. The van der Waals surface area contributed by atoms with Crippen molar-refractivity contribution in [2.24, 2.45) is 0 Å². The van der Waals surface area contributed by atoms with Crippen LogP contribution in [-0.4, -0.2) is 142 Å². The Bertz CT molecular complexity index is 3350. The number of aliphatic hydroxyl groups excluding tert-OH is 4. The van der Waals surface area contributed by atoms with E-state index in [9.17, 15) is 9.59 Å². The Morgan fingerprint density at radius 3 is 1.12 bits per heavy atom. The molecule has 4 N–H and O–H groups in total. The first kappa shape index (κ1) is 99.7. The summed E-state index contributed by atoms with van der Waals surface area (Å²) in [5.41, 5.74) is 6.52. The monoisotopic (exact) mass is 1680 g/mol. The van der Waals surface area contributed by atoms with E-state index in [1.165, 1.54) is 48.2 Å². The molecule has 0 unspecified atom stereocenters. The molecule has 92 heavy (non-hydrogen) atoms. The topological polar surface area (TPSA) is 149 Å². The molecule has 4 aromatic carbocycles. The molecule has 0 amide bonds. The largest absolute Gasteiger partial charge is 1.00 e. The third-order valence-corrected chi connectivity index (χ3v) is 54.2. The first-order chi connectivity index (χ1) is 42.7. The van der Waals surface area contributed by atoms with Gasteiger partial charge in [-0.25, -0.2) is 0 Å². The van der Waals surface area contributed by atoms with E-state index in [-0.39, 0.29) is 98.4 Å². The number of carbonyl (C=O) groups excluding carboxylic acids is 2. The van der Waals surface area contributed by atoms with Crippen LogP contribution in [0.15, 0.2) is 109 Å². The van der Waals surface area contributed by atoms with Crippen LogP contribution in [0.5, 0.6) is 0 Å². The second-order valence-corrected chi connectivity index (χ2v) is 60.2. The van der Waals surface area contributed by atoms with Crippen LogP contribution < -0.4 is 28.7 Å². The molecule has 520 valence electrons. The standard InChI is InChI=1S/C22H42O2Si2.C13H17NO3.C12H19NO2.C10H14O2.Al.Li.S11.S9.4H/c1-21(2,3)25(7,8)23-17-16-20(19-14-12-11-13-15-19)18-24-26(9,10)22(4,5)6;1-14(2)11-6-4-10(5-7-11)12(8-9-15)13(16)17-3;1-13(2)12-5-3-10(4-6-12)11(9-15)7-8-14;11-7-6-10(8-12)9-4-2-1-3-5-9;;;1-3-5-7-9-11-10-8-6-4-2;1-3-5-7-9-8-6-4-2;;;;/h11-15,20H,16-18H2,1-10H3;4-7,9,12H,8H2,1-3H3;3-6,11,14-15H,7-9H2,1-2H3;1-5,10-12H,6-8H2;;;;;;;;/q;;;;;+1;;;;;;-1/t20-;12-;11-;10-;;;;;;;;/m0100......../s1. The van der Waals surface area contributed by atoms with Crippen molar-refractivity contribution in [1.82, 2.24) is 0 Å². The third kappa shape index (κ3) is 47.5. The molecule has 4 aromatic rings. The van der Waals surface area contributed by atoms with E-state index in [1.54, 1.807) is 107 Å². The molecule has 11 nitrogen and oxygen atoms in total. The van der Waals surface area contributed by atoms with Gasteiger partial charge >= 0.3 is 24.8 Å². The summed E-state index contributed by atoms with van der Waals surface area (Å²) in [4.78, 5) is 26.1. The van der Waals surface area contributed by atoms with Crippen molar-refractivity contribution in [2.45, 2.75) is 127 Å². The van der Waals surface area contributed by atoms with Crippen molar-refractivity contribution in [1.29, 1.82) is 0 Å². The minimum Gasteiger partial charge on any atom is -1.00 e. The van der Waals surface area contributed by atoms with Crippen LogP contribution in [0, 0.1) is 0 Å². The smallest absolute Gasteiger partial charge is 1.00 e. The first-order valence-electron chi connectivity index (χ1n) is 27.7. The van der Waals surface area contributed by atoms with Gasteiger partial charge in [0.1, 0.15) is 6.29 Å². The van der Waals surface area contributed by atoms with E-state index in [1.807, 2.05) is 117 Å². The van der Waals surface area contributed by atoms with Gasteiger partial charge in [-0.2, -0.15) is 0 Å². The normalized spacial score (nSPS) is 11.6. The second-order valence-electron chi connectivity index (χ2n) is 22.3. The fourth-order valence-electron chi connectivity index (χ4n) is 6.83. The molecule has 0 saturated heterocycles. The number of aliphatic hydroxyl groups is 4. The maximum atomic E-state index is 11.5. The predicted molar refractivity (Wildman–Crippen MR) is 455 cm³/mol. The number of aldehydes is 1. The van der Waals surface area contributed by atoms with E-state index in [4.69, 9.17) is 29.3 Å². The number of carbonyl (C=O) groups is 2. The van der Waals surface area contributed by atoms with Crippen molar-refractivity contribution in [3.63, 3.8) is 0 Å². The Balaban J connectivity index is -0.000000343. The number of rotatable bonds is 22. The van der Waals surface area contributed by atoms with Crippen LogP contribution in [0.25, 0.3) is 0 Å². The van der Waals surface area contributed by atoms with Gasteiger partial charge in [-0.15, -0.1) is 0 Å². The van der Waals surface area contributed by atoms with Gasteiger partial charge in [0.2, 0.25) is 0 Å². The zero-order valence-electron chi connectivity index (χ0n) is 55.7. The van der Waals surface area contributed by atoms with Crippen LogP contribution >= 0.6 is 0 Å². The molecule has 0 aliphatic carbocycles. The molecule has 4 atom stereocenters. The molecule has 0 aromatic heterocycles. The minimum absolute atomic E-state index is 0. The fourth-order valence-corrected chi connectivity index (χ4v) is 41.9. The molecule has 0 heterocycles. The number of hydrogen-bond donors (Lipinski definition) is 4. The number of ether oxygens (including phenoxy) is 1. The van der Waals surface area contributed by atoms with Gasteiger partial charge in [-0.1, -0.05) is 126 Å². The van der Waals surface area contributed by atoms with Crippen molar-refractivity contribution in [3.8, 4) is 0 Å². The van der Waals surface area contributed by atoms with Crippen molar-refractivity contribution < 1.29 is 63.9 Å². The van der Waals surface area contributed by atoms with E-state index in [0.717, 1.165) is 54.0 Å². The van der Waals surface area contributed by atoms with Crippen LogP contribution in [-0.2, 0) is 210 Å². The zero-order chi connectivity index (χ0) is 68.4. The van der Waals surface area contributed by atoms with Gasteiger partial charge in [0, 0.05) is 277 Å². The average molecular weight is 1680 g/mol. The Morgan fingerprint density at radius 1 is 0.511 bits per heavy atom. The number of benzene rings is 4. The molecule has 0 bridgehead atoms. The summed E-state index contributed by atoms with van der Waals surface area (Å²) in [6, 6.07) is 36.1. The molecule has 4 rings (SSSR count). The van der Waals surface area contributed by atoms with Crippen LogP contribution in [0.1, 0.15) is 115 Å². The number of hydrogen-bond acceptors (Lipinski definition) is 15. The summed E-state index contributed by atoms with van der Waals surface area (Å²) in [6.07, 6.45) is 3.14. The van der Waals surface area contributed by atoms with Crippen molar-refractivity contribution in [2.75, 3.05) is 84.7 Å². The molecular weight excluding hydrogens is 1590 g/mol. The molecule has 0 fully saturated rings. The molecule has 0 aliphatic heterocycles. The van der Waals surface area contributed by atoms with Crippen LogP contribution in [0.3, 0.4) is 0 Å². The summed E-state index contributed by atoms with van der Waals surface area (Å²) in [7, 11) is 31.1. The molecule has 0 radical (unpaired) electrons. The van der Waals surface area contributed by atoms with E-state index >= 15 is 0 Å². The maximum absolute atomic E-state index is 11.5. The Kier molecular flexibility index (Phi) is 66.2. The molecule has 35 heteroatoms. The quantitative estimate of drug-likeness (QED) is 0.0362. The molecule has 0 saturated carbocycles. The Hall–Kier alpha value is 1.34. The van der Waals surface area contributed by atoms with Crippen LogP contribution in [0.2, 0.25) is 36.3 Å². The van der Waals surface area contributed by atoms with Gasteiger partial charge in [-0.05, 0) is 102 Å². The summed E-state index contributed by atoms with van der Waals surface area (Å²) < 4.78 is 17.7. The first-order valence-corrected chi connectivity index (χ1v) is 57.5. The molecule has 0 spiro atoms. The number of methoxy groups -OCH3 is 1. The van der Waals surface area contributed by atoms with Gasteiger partial charge < -0.3 is 50.0 Å². The maximum Gasteiger partial charge on any atom is 1.00 e. The predicted octanol–water partition coefficient (Wildman–Crippen LogP) is 7.04.